The van der Waals surface area contributed by atoms with Crippen LogP contribution in [-0.2, 0) is 14.3 Å². The Labute approximate surface area is 128 Å². The minimum Gasteiger partial charge on any atom is -0.460 e. The van der Waals surface area contributed by atoms with Crippen molar-refractivity contribution in [1.82, 2.24) is 5.32 Å². The number of hydrogen-bond donors (Lipinski definition) is 1. The molecular formula is C13H24INO4. The highest BCUT2D eigenvalue weighted by Gasteiger charge is 2.23. The van der Waals surface area contributed by atoms with Crippen molar-refractivity contribution in [3.05, 3.63) is 0 Å². The molecule has 1 N–H and O–H groups in total. The monoisotopic (exact) mass is 385 g/mol. The lowest BCUT2D eigenvalue weighted by Crippen LogP contribution is -2.41. The van der Waals surface area contributed by atoms with Crippen LogP contribution >= 0.6 is 22.6 Å². The number of alkyl carbamates (subject to hydrolysis) is 1. The maximum Gasteiger partial charge on any atom is 0.407 e. The number of hydrogen-bond acceptors (Lipinski definition) is 4. The third-order valence-corrected chi connectivity index (χ3v) is 2.80. The van der Waals surface area contributed by atoms with Crippen LogP contribution in [0.15, 0.2) is 0 Å². The Bertz CT molecular complexity index is 288. The molecule has 0 aromatic rings. The van der Waals surface area contributed by atoms with Gasteiger partial charge >= 0.3 is 12.1 Å². The number of alkyl halides is 1. The number of esters is 1. The Balaban J connectivity index is 4.29. The van der Waals surface area contributed by atoms with Crippen molar-refractivity contribution >= 4 is 34.7 Å². The van der Waals surface area contributed by atoms with Gasteiger partial charge in [0.05, 0.1) is 12.5 Å². The van der Waals surface area contributed by atoms with Crippen molar-refractivity contribution in [3.63, 3.8) is 0 Å². The Morgan fingerprint density at radius 3 is 1.89 bits per heavy atom. The van der Waals surface area contributed by atoms with E-state index in [9.17, 15) is 9.59 Å². The highest BCUT2D eigenvalue weighted by atomic mass is 127. The largest absolute Gasteiger partial charge is 0.460 e. The quantitative estimate of drug-likeness (QED) is 0.459. The average molecular weight is 385 g/mol. The highest BCUT2D eigenvalue weighted by Crippen LogP contribution is 2.11. The number of ether oxygens (including phenoxy) is 2. The molecule has 6 heteroatoms. The highest BCUT2D eigenvalue weighted by molar-refractivity contribution is 14.1. The minimum atomic E-state index is -0.550. The Morgan fingerprint density at radius 2 is 1.53 bits per heavy atom. The van der Waals surface area contributed by atoms with E-state index in [0.717, 1.165) is 0 Å². The molecule has 5 nitrogen and oxygen atoms in total. The van der Waals surface area contributed by atoms with Crippen molar-refractivity contribution in [2.45, 2.75) is 65.2 Å². The van der Waals surface area contributed by atoms with Gasteiger partial charge in [0, 0.05) is 4.43 Å². The molecule has 0 rings (SSSR count). The van der Waals surface area contributed by atoms with Gasteiger partial charge in [-0.1, -0.05) is 22.6 Å². The molecule has 112 valence electrons. The lowest BCUT2D eigenvalue weighted by Gasteiger charge is -2.24. The number of amides is 1. The summed E-state index contributed by atoms with van der Waals surface area (Å²) in [6.07, 6.45) is -0.378. The first kappa shape index (κ1) is 18.5. The first-order valence-electron chi connectivity index (χ1n) is 6.20. The minimum absolute atomic E-state index is 0.138. The van der Waals surface area contributed by atoms with Crippen molar-refractivity contribution in [2.75, 3.05) is 4.43 Å². The van der Waals surface area contributed by atoms with Crippen molar-refractivity contribution in [3.8, 4) is 0 Å². The molecular weight excluding hydrogens is 361 g/mol. The third kappa shape index (κ3) is 11.0. The standard InChI is InChI=1S/C13H24INO4/c1-12(2,3)18-10(16)7-9(8-14)15-11(17)19-13(4,5)6/h9H,7-8H2,1-6H3,(H,15,17)/t9-/m0/s1. The van der Waals surface area contributed by atoms with E-state index in [2.05, 4.69) is 27.9 Å². The zero-order chi connectivity index (χ0) is 15.3. The maximum atomic E-state index is 11.7. The van der Waals surface area contributed by atoms with E-state index in [0.29, 0.717) is 4.43 Å². The van der Waals surface area contributed by atoms with Crippen LogP contribution in [0.25, 0.3) is 0 Å². The molecule has 0 aromatic heterocycles. The van der Waals surface area contributed by atoms with Gasteiger partial charge in [-0.25, -0.2) is 4.79 Å². The molecule has 0 saturated heterocycles. The molecule has 0 aliphatic rings. The van der Waals surface area contributed by atoms with E-state index >= 15 is 0 Å². The Morgan fingerprint density at radius 1 is 1.05 bits per heavy atom. The van der Waals surface area contributed by atoms with Gasteiger partial charge in [-0.2, -0.15) is 0 Å². The number of carbonyl (C=O) groups excluding carboxylic acids is 2. The van der Waals surface area contributed by atoms with Crippen LogP contribution < -0.4 is 5.32 Å². The van der Waals surface area contributed by atoms with Gasteiger partial charge in [0.2, 0.25) is 0 Å². The summed E-state index contributed by atoms with van der Waals surface area (Å²) in [5.41, 5.74) is -1.06. The van der Waals surface area contributed by atoms with Gasteiger partial charge < -0.3 is 14.8 Å². The number of nitrogens with one attached hydrogen (secondary N) is 1. The molecule has 0 heterocycles. The normalized spacial score (nSPS) is 13.6. The summed E-state index contributed by atoms with van der Waals surface area (Å²) >= 11 is 2.11. The van der Waals surface area contributed by atoms with Gasteiger partial charge in [-0.3, -0.25) is 4.79 Å². The van der Waals surface area contributed by atoms with Gasteiger partial charge in [0.15, 0.2) is 0 Å². The summed E-state index contributed by atoms with van der Waals surface area (Å²) in [5.74, 6) is -0.328. The topological polar surface area (TPSA) is 64.6 Å². The van der Waals surface area contributed by atoms with Crippen LogP contribution in [0, 0.1) is 0 Å². The van der Waals surface area contributed by atoms with Crippen LogP contribution in [0.3, 0.4) is 0 Å². The Hall–Kier alpha value is -0.530. The zero-order valence-corrected chi connectivity index (χ0v) is 14.7. The van der Waals surface area contributed by atoms with Crippen LogP contribution in [0.1, 0.15) is 48.0 Å². The molecule has 0 aromatic carbocycles. The van der Waals surface area contributed by atoms with Crippen molar-refractivity contribution in [2.24, 2.45) is 0 Å². The molecule has 0 spiro atoms. The number of rotatable bonds is 4. The smallest absolute Gasteiger partial charge is 0.407 e. The van der Waals surface area contributed by atoms with Gasteiger partial charge in [-0.15, -0.1) is 0 Å². The summed E-state index contributed by atoms with van der Waals surface area (Å²) in [6.45, 7) is 10.8. The van der Waals surface area contributed by atoms with Gasteiger partial charge in [-0.05, 0) is 41.5 Å². The average Bonchev–Trinajstić information content (AvgIpc) is 2.10. The lowest BCUT2D eigenvalue weighted by molar-refractivity contribution is -0.155. The second-order valence-electron chi connectivity index (χ2n) is 6.29. The number of carbonyl (C=O) groups is 2. The van der Waals surface area contributed by atoms with E-state index in [4.69, 9.17) is 9.47 Å². The maximum absolute atomic E-state index is 11.7. The van der Waals surface area contributed by atoms with E-state index in [-0.39, 0.29) is 18.4 Å². The van der Waals surface area contributed by atoms with E-state index in [1.165, 1.54) is 0 Å². The van der Waals surface area contributed by atoms with E-state index in [1.807, 2.05) is 20.8 Å². The zero-order valence-electron chi connectivity index (χ0n) is 12.5. The summed E-state index contributed by atoms with van der Waals surface area (Å²) in [5, 5.41) is 2.67. The second-order valence-corrected chi connectivity index (χ2v) is 7.17. The first-order chi connectivity index (χ1) is 8.43. The van der Waals surface area contributed by atoms with Gasteiger partial charge in [0.1, 0.15) is 11.2 Å². The van der Waals surface area contributed by atoms with Crippen LogP contribution in [0.4, 0.5) is 4.79 Å². The molecule has 0 aliphatic carbocycles. The molecule has 0 radical (unpaired) electrons. The summed E-state index contributed by atoms with van der Waals surface area (Å²) < 4.78 is 11.0. The molecule has 0 saturated carbocycles. The molecule has 0 aliphatic heterocycles. The first-order valence-corrected chi connectivity index (χ1v) is 7.73. The fraction of sp³-hybridized carbons (Fsp3) is 0.846. The summed E-state index contributed by atoms with van der Waals surface area (Å²) in [4.78, 5) is 23.3. The number of halogens is 1. The molecule has 0 bridgehead atoms. The predicted molar refractivity (Wildman–Crippen MR) is 82.5 cm³/mol. The predicted octanol–water partition coefficient (Wildman–Crippen LogP) is 3.05. The summed E-state index contributed by atoms with van der Waals surface area (Å²) in [6, 6.07) is -0.287. The molecule has 19 heavy (non-hydrogen) atoms. The second kappa shape index (κ2) is 7.31. The lowest BCUT2D eigenvalue weighted by atomic mass is 10.2. The fourth-order valence-electron chi connectivity index (χ4n) is 1.20. The third-order valence-electron chi connectivity index (χ3n) is 1.74. The molecule has 1 atom stereocenters. The molecule has 1 amide bonds. The Kier molecular flexibility index (Phi) is 7.10. The molecule has 0 unspecified atom stereocenters. The van der Waals surface area contributed by atoms with Gasteiger partial charge in [0.25, 0.3) is 0 Å². The fourth-order valence-corrected chi connectivity index (χ4v) is 1.73. The van der Waals surface area contributed by atoms with Crippen LogP contribution in [0.5, 0.6) is 0 Å². The molecule has 0 fully saturated rings. The van der Waals surface area contributed by atoms with Crippen LogP contribution in [0.2, 0.25) is 0 Å². The van der Waals surface area contributed by atoms with Crippen LogP contribution in [-0.4, -0.2) is 33.7 Å². The van der Waals surface area contributed by atoms with Crippen molar-refractivity contribution in [1.29, 1.82) is 0 Å². The summed E-state index contributed by atoms with van der Waals surface area (Å²) in [7, 11) is 0. The van der Waals surface area contributed by atoms with Crippen molar-refractivity contribution < 1.29 is 19.1 Å². The van der Waals surface area contributed by atoms with E-state index < -0.39 is 17.3 Å². The van der Waals surface area contributed by atoms with E-state index in [1.54, 1.807) is 20.8 Å². The SMILES string of the molecule is CC(C)(C)OC(=O)C[C@@H](CI)NC(=O)OC(C)(C)C.